The molecule has 0 aliphatic rings. The van der Waals surface area contributed by atoms with Crippen LogP contribution in [0.15, 0.2) is 12.7 Å². The first-order valence-corrected chi connectivity index (χ1v) is 6.49. The third-order valence-electron chi connectivity index (χ3n) is 3.15. The summed E-state index contributed by atoms with van der Waals surface area (Å²) >= 11 is 0. The molecule has 0 bridgehead atoms. The van der Waals surface area contributed by atoms with E-state index in [1.807, 2.05) is 6.92 Å². The lowest BCUT2D eigenvalue weighted by Gasteiger charge is -2.30. The predicted octanol–water partition coefficient (Wildman–Crippen LogP) is 2.64. The molecule has 0 heterocycles. The average molecular weight is 244 g/mol. The molecule has 0 amide bonds. The van der Waals surface area contributed by atoms with Crippen molar-refractivity contribution >= 4 is 0 Å². The van der Waals surface area contributed by atoms with Crippen LogP contribution in [0.4, 0.5) is 0 Å². The first kappa shape index (κ1) is 16.6. The van der Waals surface area contributed by atoms with E-state index in [4.69, 9.17) is 9.47 Å². The second-order valence-electron chi connectivity index (χ2n) is 4.69. The highest BCUT2D eigenvalue weighted by atomic mass is 16.5. The van der Waals surface area contributed by atoms with E-state index in [9.17, 15) is 5.11 Å². The molecular weight excluding hydrogens is 216 g/mol. The molecule has 0 aliphatic carbocycles. The maximum absolute atomic E-state index is 9.75. The predicted molar refractivity (Wildman–Crippen MR) is 71.1 cm³/mol. The molecule has 0 saturated carbocycles. The summed E-state index contributed by atoms with van der Waals surface area (Å²) < 4.78 is 11.1. The molecule has 0 unspecified atom stereocenters. The molecule has 0 saturated heterocycles. The third kappa shape index (κ3) is 6.20. The molecule has 0 radical (unpaired) electrons. The summed E-state index contributed by atoms with van der Waals surface area (Å²) in [6, 6.07) is 0. The number of ether oxygens (including phenoxy) is 2. The van der Waals surface area contributed by atoms with Gasteiger partial charge in [0.1, 0.15) is 0 Å². The Kier molecular flexibility index (Phi) is 9.41. The van der Waals surface area contributed by atoms with E-state index in [-0.39, 0.29) is 17.9 Å². The van der Waals surface area contributed by atoms with E-state index in [2.05, 4.69) is 20.4 Å². The van der Waals surface area contributed by atoms with Gasteiger partial charge < -0.3 is 14.6 Å². The van der Waals surface area contributed by atoms with Crippen LogP contribution >= 0.6 is 0 Å². The van der Waals surface area contributed by atoms with E-state index in [0.29, 0.717) is 6.61 Å². The molecule has 0 aromatic heterocycles. The van der Waals surface area contributed by atoms with Crippen LogP contribution in [0.3, 0.4) is 0 Å². The lowest BCUT2D eigenvalue weighted by atomic mass is 9.89. The summed E-state index contributed by atoms with van der Waals surface area (Å²) in [5.74, 6) is 0.295. The quantitative estimate of drug-likeness (QED) is 0.474. The van der Waals surface area contributed by atoms with Crippen LogP contribution in [0.2, 0.25) is 0 Å². The van der Waals surface area contributed by atoms with Gasteiger partial charge in [-0.25, -0.2) is 0 Å². The number of hydrogen-bond donors (Lipinski definition) is 1. The number of aliphatic hydroxyl groups is 1. The first-order chi connectivity index (χ1) is 8.08. The largest absolute Gasteiger partial charge is 0.389 e. The second-order valence-corrected chi connectivity index (χ2v) is 4.69. The van der Waals surface area contributed by atoms with Gasteiger partial charge in [0.25, 0.3) is 0 Å². The van der Waals surface area contributed by atoms with Crippen LogP contribution in [0.1, 0.15) is 33.6 Å². The highest BCUT2D eigenvalue weighted by Gasteiger charge is 2.27. The summed E-state index contributed by atoms with van der Waals surface area (Å²) in [4.78, 5) is 0. The number of hydrogen-bond acceptors (Lipinski definition) is 3. The maximum Gasteiger partial charge on any atom is 0.0768 e. The molecule has 0 rings (SSSR count). The number of unbranched alkanes of at least 4 members (excludes halogenated alkanes) is 1. The van der Waals surface area contributed by atoms with Crippen molar-refractivity contribution in [3.63, 3.8) is 0 Å². The smallest absolute Gasteiger partial charge is 0.0768 e. The van der Waals surface area contributed by atoms with E-state index >= 15 is 0 Å². The Morgan fingerprint density at radius 1 is 1.35 bits per heavy atom. The molecule has 4 atom stereocenters. The highest BCUT2D eigenvalue weighted by molar-refractivity contribution is 4.87. The zero-order chi connectivity index (χ0) is 13.3. The Bertz CT molecular complexity index is 194. The fraction of sp³-hybridized carbons (Fsp3) is 0.857. The molecule has 3 nitrogen and oxygen atoms in total. The van der Waals surface area contributed by atoms with Crippen molar-refractivity contribution in [2.75, 3.05) is 20.3 Å². The number of methoxy groups -OCH3 is 1. The summed E-state index contributed by atoms with van der Waals surface area (Å²) in [7, 11) is 1.68. The van der Waals surface area contributed by atoms with Gasteiger partial charge in [0.05, 0.1) is 18.8 Å². The summed E-state index contributed by atoms with van der Waals surface area (Å²) in [5, 5.41) is 9.75. The lowest BCUT2D eigenvalue weighted by Crippen LogP contribution is -2.36. The minimum atomic E-state index is -0.530. The monoisotopic (exact) mass is 244 g/mol. The van der Waals surface area contributed by atoms with Gasteiger partial charge in [0.2, 0.25) is 0 Å². The Morgan fingerprint density at radius 3 is 2.47 bits per heavy atom. The zero-order valence-corrected chi connectivity index (χ0v) is 11.7. The molecule has 0 fully saturated rings. The molecular formula is C14H28O3. The third-order valence-corrected chi connectivity index (χ3v) is 3.15. The van der Waals surface area contributed by atoms with Crippen molar-refractivity contribution in [3.8, 4) is 0 Å². The fourth-order valence-electron chi connectivity index (χ4n) is 1.98. The van der Waals surface area contributed by atoms with Gasteiger partial charge in [-0.05, 0) is 6.42 Å². The molecule has 1 N–H and O–H groups in total. The van der Waals surface area contributed by atoms with Gasteiger partial charge in [0, 0.05) is 25.6 Å². The van der Waals surface area contributed by atoms with Gasteiger partial charge in [-0.3, -0.25) is 0 Å². The zero-order valence-electron chi connectivity index (χ0n) is 11.7. The maximum atomic E-state index is 9.75. The summed E-state index contributed by atoms with van der Waals surface area (Å²) in [6.45, 7) is 11.3. The minimum absolute atomic E-state index is 0.00961. The van der Waals surface area contributed by atoms with Crippen LogP contribution < -0.4 is 0 Å². The summed E-state index contributed by atoms with van der Waals surface area (Å²) in [5.41, 5.74) is 0. The summed E-state index contributed by atoms with van der Waals surface area (Å²) in [6.07, 6.45) is 3.26. The van der Waals surface area contributed by atoms with Crippen molar-refractivity contribution in [3.05, 3.63) is 12.7 Å². The van der Waals surface area contributed by atoms with Crippen molar-refractivity contribution in [2.45, 2.75) is 45.8 Å². The Hall–Kier alpha value is -0.380. The standard InChI is InChI=1S/C14H28O3/c1-6-8-9-17-10-11(3)14(16-5)12(4)13(15)7-2/h7,11-15H,2,6,8-10H2,1,3-5H3/t11-,12+,13+,14-/m1/s1. The van der Waals surface area contributed by atoms with Crippen molar-refractivity contribution < 1.29 is 14.6 Å². The van der Waals surface area contributed by atoms with Crippen molar-refractivity contribution in [1.82, 2.24) is 0 Å². The Balaban J connectivity index is 4.10. The Morgan fingerprint density at radius 2 is 2.00 bits per heavy atom. The molecule has 0 aromatic carbocycles. The highest BCUT2D eigenvalue weighted by Crippen LogP contribution is 2.20. The first-order valence-electron chi connectivity index (χ1n) is 6.49. The lowest BCUT2D eigenvalue weighted by molar-refractivity contribution is -0.0449. The van der Waals surface area contributed by atoms with Crippen LogP contribution in [-0.4, -0.2) is 37.6 Å². The average Bonchev–Trinajstić information content (AvgIpc) is 2.34. The molecule has 3 heteroatoms. The van der Waals surface area contributed by atoms with Gasteiger partial charge in [-0.1, -0.05) is 33.3 Å². The van der Waals surface area contributed by atoms with Gasteiger partial charge in [-0.2, -0.15) is 0 Å². The van der Waals surface area contributed by atoms with Crippen LogP contribution in [0.5, 0.6) is 0 Å². The van der Waals surface area contributed by atoms with Crippen molar-refractivity contribution in [2.24, 2.45) is 11.8 Å². The number of rotatable bonds is 10. The molecule has 17 heavy (non-hydrogen) atoms. The molecule has 0 spiro atoms. The van der Waals surface area contributed by atoms with E-state index < -0.39 is 6.10 Å². The molecule has 0 aliphatic heterocycles. The topological polar surface area (TPSA) is 38.7 Å². The molecule has 0 aromatic rings. The van der Waals surface area contributed by atoms with Crippen LogP contribution in [0, 0.1) is 11.8 Å². The SMILES string of the molecule is C=C[C@H](O)[C@H](C)[C@H](OC)[C@H](C)COCCCC. The molecule has 102 valence electrons. The van der Waals surface area contributed by atoms with E-state index in [1.54, 1.807) is 13.2 Å². The van der Waals surface area contributed by atoms with Crippen LogP contribution in [0.25, 0.3) is 0 Å². The Labute approximate surface area is 106 Å². The van der Waals surface area contributed by atoms with Gasteiger partial charge in [-0.15, -0.1) is 6.58 Å². The second kappa shape index (κ2) is 9.63. The minimum Gasteiger partial charge on any atom is -0.389 e. The van der Waals surface area contributed by atoms with E-state index in [1.165, 1.54) is 0 Å². The number of aliphatic hydroxyl groups excluding tert-OH is 1. The van der Waals surface area contributed by atoms with Crippen LogP contribution in [-0.2, 0) is 9.47 Å². The van der Waals surface area contributed by atoms with Crippen molar-refractivity contribution in [1.29, 1.82) is 0 Å². The fourth-order valence-corrected chi connectivity index (χ4v) is 1.98. The van der Waals surface area contributed by atoms with Gasteiger partial charge >= 0.3 is 0 Å². The van der Waals surface area contributed by atoms with Gasteiger partial charge in [0.15, 0.2) is 0 Å². The normalized spacial score (nSPS) is 18.4. The van der Waals surface area contributed by atoms with E-state index in [0.717, 1.165) is 19.4 Å².